The summed E-state index contributed by atoms with van der Waals surface area (Å²) in [5, 5.41) is 10.6. The molecule has 0 spiro atoms. The summed E-state index contributed by atoms with van der Waals surface area (Å²) in [4.78, 5) is 19.3. The number of likely N-dealkylation sites (tertiary alicyclic amines) is 1. The molecular weight excluding hydrogens is 388 g/mol. The van der Waals surface area contributed by atoms with Gasteiger partial charge in [-0.25, -0.2) is 9.78 Å². The van der Waals surface area contributed by atoms with Crippen LogP contribution >= 0.6 is 12.4 Å². The third-order valence-electron chi connectivity index (χ3n) is 5.48. The van der Waals surface area contributed by atoms with Crippen molar-refractivity contribution < 1.29 is 14.6 Å². The van der Waals surface area contributed by atoms with Crippen LogP contribution < -0.4 is 0 Å². The first-order valence-corrected chi connectivity index (χ1v) is 9.63. The average Bonchev–Trinajstić information content (AvgIpc) is 3.12. The third-order valence-corrected chi connectivity index (χ3v) is 5.48. The summed E-state index contributed by atoms with van der Waals surface area (Å²) >= 11 is 0. The number of rotatable bonds is 6. The predicted molar refractivity (Wildman–Crippen MR) is 117 cm³/mol. The molecule has 1 aliphatic rings. The van der Waals surface area contributed by atoms with E-state index in [-0.39, 0.29) is 24.6 Å². The minimum absolute atomic E-state index is 0. The average molecular weight is 413 g/mol. The fourth-order valence-electron chi connectivity index (χ4n) is 3.96. The van der Waals surface area contributed by atoms with Gasteiger partial charge in [-0.1, -0.05) is 48.5 Å². The van der Waals surface area contributed by atoms with Gasteiger partial charge in [-0.3, -0.25) is 0 Å². The van der Waals surface area contributed by atoms with Crippen LogP contribution in [0.15, 0.2) is 54.6 Å². The van der Waals surface area contributed by atoms with Gasteiger partial charge in [-0.05, 0) is 32.5 Å². The molecule has 1 N–H and O–H groups in total. The zero-order chi connectivity index (χ0) is 19.5. The number of nitrogens with zero attached hydrogens (tertiary/aromatic N) is 2. The molecule has 4 rings (SSSR count). The van der Waals surface area contributed by atoms with E-state index in [2.05, 4.69) is 11.9 Å². The van der Waals surface area contributed by atoms with E-state index < -0.39 is 5.97 Å². The number of fused-ring (bicyclic) bond motifs is 1. The van der Waals surface area contributed by atoms with E-state index in [1.54, 1.807) is 0 Å². The molecule has 3 aromatic rings. The van der Waals surface area contributed by atoms with Gasteiger partial charge in [0.05, 0.1) is 30.0 Å². The summed E-state index contributed by atoms with van der Waals surface area (Å²) < 4.78 is 6.03. The number of carboxylic acid groups (broad SMARTS) is 1. The van der Waals surface area contributed by atoms with E-state index in [0.717, 1.165) is 18.5 Å². The maximum absolute atomic E-state index is 12.2. The van der Waals surface area contributed by atoms with E-state index in [9.17, 15) is 9.90 Å². The lowest BCUT2D eigenvalue weighted by Crippen LogP contribution is -2.29. The van der Waals surface area contributed by atoms with Crippen LogP contribution in [0.1, 0.15) is 28.8 Å². The summed E-state index contributed by atoms with van der Waals surface area (Å²) in [6, 6.07) is 17.5. The van der Waals surface area contributed by atoms with Gasteiger partial charge < -0.3 is 14.7 Å². The van der Waals surface area contributed by atoms with Crippen LogP contribution in [0.3, 0.4) is 0 Å². The second-order valence-corrected chi connectivity index (χ2v) is 7.29. The molecule has 0 aliphatic carbocycles. The topological polar surface area (TPSA) is 62.7 Å². The van der Waals surface area contributed by atoms with Crippen LogP contribution in [0, 0.1) is 0 Å². The fraction of sp³-hybridized carbons (Fsp3) is 0.304. The van der Waals surface area contributed by atoms with Gasteiger partial charge >= 0.3 is 5.97 Å². The minimum atomic E-state index is -0.952. The number of aromatic nitrogens is 1. The number of ether oxygens (including phenoxy) is 1. The molecule has 0 bridgehead atoms. The van der Waals surface area contributed by atoms with Crippen molar-refractivity contribution in [2.24, 2.45) is 0 Å². The SMILES string of the molecule is CN1CCCC1COCc1c(-c2ccccc2)nc2ccccc2c1C(=O)O.Cl. The van der Waals surface area contributed by atoms with Gasteiger partial charge in [0, 0.05) is 22.6 Å². The van der Waals surface area contributed by atoms with Crippen molar-refractivity contribution in [1.82, 2.24) is 9.88 Å². The first-order chi connectivity index (χ1) is 13.6. The first-order valence-electron chi connectivity index (χ1n) is 9.63. The number of aromatic carboxylic acids is 1. The molecule has 1 aromatic heterocycles. The molecule has 2 heterocycles. The molecule has 1 aliphatic heterocycles. The Balaban J connectivity index is 0.00000240. The molecule has 1 unspecified atom stereocenters. The number of carbonyl (C=O) groups is 1. The number of halogens is 1. The number of likely N-dealkylation sites (N-methyl/N-ethyl adjacent to an activating group) is 1. The summed E-state index contributed by atoms with van der Waals surface area (Å²) in [5.74, 6) is -0.952. The highest BCUT2D eigenvalue weighted by atomic mass is 35.5. The number of hydrogen-bond donors (Lipinski definition) is 1. The van der Waals surface area contributed by atoms with E-state index in [1.807, 2.05) is 54.6 Å². The molecule has 29 heavy (non-hydrogen) atoms. The van der Waals surface area contributed by atoms with Crippen molar-refractivity contribution in [3.8, 4) is 11.3 Å². The lowest BCUT2D eigenvalue weighted by atomic mass is 9.97. The molecule has 1 fully saturated rings. The predicted octanol–water partition coefficient (Wildman–Crippen LogP) is 4.63. The van der Waals surface area contributed by atoms with Crippen molar-refractivity contribution in [1.29, 1.82) is 0 Å². The van der Waals surface area contributed by atoms with Gasteiger partial charge in [0.25, 0.3) is 0 Å². The molecule has 0 radical (unpaired) electrons. The van der Waals surface area contributed by atoms with Gasteiger partial charge in [-0.15, -0.1) is 12.4 Å². The molecule has 2 aromatic carbocycles. The second-order valence-electron chi connectivity index (χ2n) is 7.29. The number of carboxylic acids is 1. The highest BCUT2D eigenvalue weighted by Gasteiger charge is 2.24. The molecule has 5 nitrogen and oxygen atoms in total. The zero-order valence-electron chi connectivity index (χ0n) is 16.4. The number of hydrogen-bond acceptors (Lipinski definition) is 4. The summed E-state index contributed by atoms with van der Waals surface area (Å²) in [7, 11) is 2.11. The Hall–Kier alpha value is -2.47. The summed E-state index contributed by atoms with van der Waals surface area (Å²) in [5.41, 5.74) is 3.17. The standard InChI is InChI=1S/C23H24N2O3.ClH/c1-25-13-7-10-17(25)14-28-15-19-21(23(26)27)18-11-5-6-12-20(18)24-22(19)16-8-3-2-4-9-16;/h2-6,8-9,11-12,17H,7,10,13-15H2,1H3,(H,26,27);1H. The fourth-order valence-corrected chi connectivity index (χ4v) is 3.96. The van der Waals surface area contributed by atoms with Crippen LogP contribution in [-0.2, 0) is 11.3 Å². The van der Waals surface area contributed by atoms with Crippen molar-refractivity contribution in [2.75, 3.05) is 20.2 Å². The van der Waals surface area contributed by atoms with Gasteiger partial charge in [0.15, 0.2) is 0 Å². The highest BCUT2D eigenvalue weighted by Crippen LogP contribution is 2.31. The molecule has 1 atom stereocenters. The quantitative estimate of drug-likeness (QED) is 0.639. The summed E-state index contributed by atoms with van der Waals surface area (Å²) in [6.45, 7) is 1.91. The van der Waals surface area contributed by atoms with E-state index in [1.165, 1.54) is 6.42 Å². The minimum Gasteiger partial charge on any atom is -0.478 e. The van der Waals surface area contributed by atoms with E-state index >= 15 is 0 Å². The second kappa shape index (κ2) is 9.35. The smallest absolute Gasteiger partial charge is 0.336 e. The van der Waals surface area contributed by atoms with Crippen molar-refractivity contribution >= 4 is 29.3 Å². The molecule has 1 saturated heterocycles. The highest BCUT2D eigenvalue weighted by molar-refractivity contribution is 6.05. The normalized spacial score (nSPS) is 16.7. The Morgan fingerprint density at radius 1 is 1.17 bits per heavy atom. The monoisotopic (exact) mass is 412 g/mol. The molecule has 0 amide bonds. The van der Waals surface area contributed by atoms with Crippen LogP contribution in [-0.4, -0.2) is 47.2 Å². The van der Waals surface area contributed by atoms with Crippen molar-refractivity contribution in [3.05, 3.63) is 65.7 Å². The zero-order valence-corrected chi connectivity index (χ0v) is 17.2. The van der Waals surface area contributed by atoms with Crippen LogP contribution in [0.4, 0.5) is 0 Å². The Morgan fingerprint density at radius 2 is 1.90 bits per heavy atom. The Morgan fingerprint density at radius 3 is 2.59 bits per heavy atom. The maximum atomic E-state index is 12.2. The molecule has 6 heteroatoms. The molecule has 0 saturated carbocycles. The largest absolute Gasteiger partial charge is 0.478 e. The third kappa shape index (κ3) is 4.42. The van der Waals surface area contributed by atoms with Crippen molar-refractivity contribution in [2.45, 2.75) is 25.5 Å². The Bertz CT molecular complexity index is 994. The maximum Gasteiger partial charge on any atom is 0.336 e. The first kappa shape index (κ1) is 21.2. The van der Waals surface area contributed by atoms with Crippen LogP contribution in [0.2, 0.25) is 0 Å². The Kier molecular flexibility index (Phi) is 6.85. The van der Waals surface area contributed by atoms with Gasteiger partial charge in [0.2, 0.25) is 0 Å². The summed E-state index contributed by atoms with van der Waals surface area (Å²) in [6.07, 6.45) is 2.29. The number of para-hydroxylation sites is 1. The van der Waals surface area contributed by atoms with Crippen LogP contribution in [0.25, 0.3) is 22.2 Å². The Labute approximate surface area is 176 Å². The van der Waals surface area contributed by atoms with Crippen LogP contribution in [0.5, 0.6) is 0 Å². The number of benzene rings is 2. The van der Waals surface area contributed by atoms with E-state index in [4.69, 9.17) is 9.72 Å². The van der Waals surface area contributed by atoms with Gasteiger partial charge in [0.1, 0.15) is 0 Å². The molecular formula is C23H25ClN2O3. The molecule has 152 valence electrons. The lowest BCUT2D eigenvalue weighted by molar-refractivity contribution is 0.0660. The lowest BCUT2D eigenvalue weighted by Gasteiger charge is -2.20. The van der Waals surface area contributed by atoms with E-state index in [0.29, 0.717) is 34.8 Å². The number of pyridine rings is 1. The van der Waals surface area contributed by atoms with Crippen molar-refractivity contribution in [3.63, 3.8) is 0 Å². The van der Waals surface area contributed by atoms with Gasteiger partial charge in [-0.2, -0.15) is 0 Å².